The fourth-order valence-electron chi connectivity index (χ4n) is 2.93. The molecule has 5 nitrogen and oxygen atoms in total. The van der Waals surface area contributed by atoms with E-state index in [2.05, 4.69) is 5.32 Å². The summed E-state index contributed by atoms with van der Waals surface area (Å²) in [4.78, 5) is 12.6. The zero-order chi connectivity index (χ0) is 21.7. The molecule has 0 radical (unpaired) electrons. The van der Waals surface area contributed by atoms with Crippen molar-refractivity contribution in [2.24, 2.45) is 0 Å². The number of hydrogen-bond donors (Lipinski definition) is 1. The summed E-state index contributed by atoms with van der Waals surface area (Å²) in [6.45, 7) is 4.30. The minimum absolute atomic E-state index is 0.197. The van der Waals surface area contributed by atoms with Gasteiger partial charge < -0.3 is 5.32 Å². The maximum absolute atomic E-state index is 12.9. The Morgan fingerprint density at radius 3 is 2.10 bits per heavy atom. The Kier molecular flexibility index (Phi) is 6.92. The van der Waals surface area contributed by atoms with Gasteiger partial charge in [0.05, 0.1) is 4.90 Å². The first-order valence-corrected chi connectivity index (χ1v) is 11.3. The molecule has 156 valence electrons. The molecular formula is C23H23ClN2O3S. The summed E-state index contributed by atoms with van der Waals surface area (Å²) in [5, 5.41) is 3.33. The van der Waals surface area contributed by atoms with Crippen LogP contribution >= 0.6 is 11.6 Å². The topological polar surface area (TPSA) is 66.5 Å². The molecule has 0 aliphatic heterocycles. The van der Waals surface area contributed by atoms with Gasteiger partial charge in [0.1, 0.15) is 0 Å². The van der Waals surface area contributed by atoms with Crippen LogP contribution in [0.1, 0.15) is 28.4 Å². The first kappa shape index (κ1) is 22.0. The molecule has 0 atom stereocenters. The largest absolute Gasteiger partial charge is 0.322 e. The predicted octanol–water partition coefficient (Wildman–Crippen LogP) is 5.11. The molecule has 3 rings (SSSR count). The van der Waals surface area contributed by atoms with E-state index >= 15 is 0 Å². The number of nitrogens with zero attached hydrogens (tertiary/aromatic N) is 1. The van der Waals surface area contributed by atoms with Crippen molar-refractivity contribution in [3.8, 4) is 0 Å². The Bertz CT molecular complexity index is 1110. The van der Waals surface area contributed by atoms with Crippen molar-refractivity contribution >= 4 is 33.2 Å². The number of anilines is 1. The van der Waals surface area contributed by atoms with Crippen molar-refractivity contribution < 1.29 is 13.2 Å². The molecule has 1 amide bonds. The van der Waals surface area contributed by atoms with Gasteiger partial charge in [-0.05, 0) is 61.0 Å². The third-order valence-corrected chi connectivity index (χ3v) is 6.88. The highest BCUT2D eigenvalue weighted by Gasteiger charge is 2.23. The van der Waals surface area contributed by atoms with E-state index in [1.165, 1.54) is 16.4 Å². The lowest BCUT2D eigenvalue weighted by molar-refractivity contribution is 0.102. The van der Waals surface area contributed by atoms with E-state index in [1.807, 2.05) is 31.2 Å². The lowest BCUT2D eigenvalue weighted by Gasteiger charge is -2.21. The van der Waals surface area contributed by atoms with Crippen LogP contribution in [-0.4, -0.2) is 25.2 Å². The van der Waals surface area contributed by atoms with Crippen LogP contribution in [0.3, 0.4) is 0 Å². The summed E-state index contributed by atoms with van der Waals surface area (Å²) in [6, 6.07) is 20.6. The molecule has 7 heteroatoms. The highest BCUT2D eigenvalue weighted by molar-refractivity contribution is 7.89. The summed E-state index contributed by atoms with van der Waals surface area (Å²) in [7, 11) is -3.64. The number of benzene rings is 3. The van der Waals surface area contributed by atoms with Crippen LogP contribution in [0.5, 0.6) is 0 Å². The van der Waals surface area contributed by atoms with E-state index in [0.29, 0.717) is 17.1 Å². The first-order chi connectivity index (χ1) is 14.3. The molecule has 0 bridgehead atoms. The molecule has 3 aromatic rings. The molecule has 0 aliphatic rings. The highest BCUT2D eigenvalue weighted by atomic mass is 35.5. The van der Waals surface area contributed by atoms with Crippen molar-refractivity contribution in [3.05, 3.63) is 94.5 Å². The monoisotopic (exact) mass is 442 g/mol. The highest BCUT2D eigenvalue weighted by Crippen LogP contribution is 2.21. The van der Waals surface area contributed by atoms with Crippen molar-refractivity contribution in [2.45, 2.75) is 25.3 Å². The van der Waals surface area contributed by atoms with Crippen molar-refractivity contribution in [1.82, 2.24) is 4.31 Å². The van der Waals surface area contributed by atoms with Crippen LogP contribution in [-0.2, 0) is 16.6 Å². The molecule has 0 fully saturated rings. The number of hydrogen-bond acceptors (Lipinski definition) is 3. The van der Waals surface area contributed by atoms with Gasteiger partial charge in [0, 0.05) is 29.4 Å². The van der Waals surface area contributed by atoms with Crippen LogP contribution in [0.4, 0.5) is 5.69 Å². The molecule has 0 saturated heterocycles. The summed E-state index contributed by atoms with van der Waals surface area (Å²) in [5.74, 6) is -0.216. The first-order valence-electron chi connectivity index (χ1n) is 9.52. The summed E-state index contributed by atoms with van der Waals surface area (Å²) < 4.78 is 27.2. The zero-order valence-electron chi connectivity index (χ0n) is 16.8. The van der Waals surface area contributed by atoms with Crippen molar-refractivity contribution in [1.29, 1.82) is 0 Å². The van der Waals surface area contributed by atoms with Gasteiger partial charge >= 0.3 is 0 Å². The Hall–Kier alpha value is -2.67. The number of carbonyl (C=O) groups excluding carboxylic acids is 1. The minimum Gasteiger partial charge on any atom is -0.322 e. The van der Waals surface area contributed by atoms with Crippen LogP contribution in [0.2, 0.25) is 5.02 Å². The van der Waals surface area contributed by atoms with Gasteiger partial charge in [-0.15, -0.1) is 0 Å². The summed E-state index contributed by atoms with van der Waals surface area (Å²) >= 11 is 5.86. The van der Waals surface area contributed by atoms with E-state index in [9.17, 15) is 13.2 Å². The SMILES string of the molecule is CCN(Cc1ccc(C(=O)Nc2ccc(C)cc2)cc1)S(=O)(=O)c1ccc(Cl)cc1. The van der Waals surface area contributed by atoms with Gasteiger partial charge in [-0.1, -0.05) is 48.4 Å². The Morgan fingerprint density at radius 1 is 0.933 bits per heavy atom. The Morgan fingerprint density at radius 2 is 1.53 bits per heavy atom. The van der Waals surface area contributed by atoms with Crippen molar-refractivity contribution in [2.75, 3.05) is 11.9 Å². The van der Waals surface area contributed by atoms with Crippen LogP contribution in [0, 0.1) is 6.92 Å². The Labute approximate surface area is 182 Å². The number of rotatable bonds is 7. The number of halogens is 1. The molecule has 0 saturated carbocycles. The van der Waals surface area contributed by atoms with Gasteiger partial charge in [0.15, 0.2) is 0 Å². The minimum atomic E-state index is -3.64. The molecular weight excluding hydrogens is 420 g/mol. The molecule has 1 N–H and O–H groups in total. The van der Waals surface area contributed by atoms with Gasteiger partial charge in [-0.3, -0.25) is 4.79 Å². The van der Waals surface area contributed by atoms with E-state index in [1.54, 1.807) is 43.3 Å². The van der Waals surface area contributed by atoms with Crippen LogP contribution in [0.25, 0.3) is 0 Å². The Balaban J connectivity index is 1.71. The standard InChI is InChI=1S/C23H23ClN2O3S/c1-3-26(30(28,29)22-14-10-20(24)11-15-22)16-18-6-8-19(9-7-18)23(27)25-21-12-4-17(2)5-13-21/h4-15H,3,16H2,1-2H3,(H,25,27). The van der Waals surface area contributed by atoms with Crippen LogP contribution in [0.15, 0.2) is 77.7 Å². The van der Waals surface area contributed by atoms with Crippen LogP contribution < -0.4 is 5.32 Å². The molecule has 0 aliphatic carbocycles. The van der Waals surface area contributed by atoms with Crippen molar-refractivity contribution in [3.63, 3.8) is 0 Å². The number of sulfonamides is 1. The second-order valence-electron chi connectivity index (χ2n) is 6.90. The fraction of sp³-hybridized carbons (Fsp3) is 0.174. The van der Waals surface area contributed by atoms with E-state index in [0.717, 1.165) is 16.8 Å². The maximum atomic E-state index is 12.9. The lowest BCUT2D eigenvalue weighted by atomic mass is 10.1. The second-order valence-corrected chi connectivity index (χ2v) is 9.28. The lowest BCUT2D eigenvalue weighted by Crippen LogP contribution is -2.30. The van der Waals surface area contributed by atoms with E-state index in [-0.39, 0.29) is 17.3 Å². The molecule has 0 aromatic heterocycles. The maximum Gasteiger partial charge on any atom is 0.255 e. The molecule has 0 unspecified atom stereocenters. The van der Waals surface area contributed by atoms with Gasteiger partial charge in [0.2, 0.25) is 10.0 Å². The third kappa shape index (κ3) is 5.27. The number of carbonyl (C=O) groups is 1. The second kappa shape index (κ2) is 9.43. The normalized spacial score (nSPS) is 11.5. The summed E-state index contributed by atoms with van der Waals surface area (Å²) in [5.41, 5.74) is 3.14. The number of nitrogens with one attached hydrogen (secondary N) is 1. The predicted molar refractivity (Wildman–Crippen MR) is 120 cm³/mol. The smallest absolute Gasteiger partial charge is 0.255 e. The number of aryl methyl sites for hydroxylation is 1. The van der Waals surface area contributed by atoms with Gasteiger partial charge in [0.25, 0.3) is 5.91 Å². The molecule has 0 heterocycles. The van der Waals surface area contributed by atoms with Gasteiger partial charge in [-0.25, -0.2) is 8.42 Å². The summed E-state index contributed by atoms with van der Waals surface area (Å²) in [6.07, 6.45) is 0. The quantitative estimate of drug-likeness (QED) is 0.552. The molecule has 0 spiro atoms. The van der Waals surface area contributed by atoms with E-state index in [4.69, 9.17) is 11.6 Å². The van der Waals surface area contributed by atoms with E-state index < -0.39 is 10.0 Å². The molecule has 30 heavy (non-hydrogen) atoms. The van der Waals surface area contributed by atoms with Gasteiger partial charge in [-0.2, -0.15) is 4.31 Å². The number of amides is 1. The fourth-order valence-corrected chi connectivity index (χ4v) is 4.49. The zero-order valence-corrected chi connectivity index (χ0v) is 18.4. The molecule has 3 aromatic carbocycles. The average Bonchev–Trinajstić information content (AvgIpc) is 2.74. The third-order valence-electron chi connectivity index (χ3n) is 4.69. The average molecular weight is 443 g/mol.